The van der Waals surface area contributed by atoms with E-state index in [1.807, 2.05) is 72.8 Å². The molecule has 0 spiro atoms. The highest BCUT2D eigenvalue weighted by molar-refractivity contribution is 7.26. The SMILES string of the molecule is c1ccc(-c2nc(-c3ccccc3)nc(-c3cccc4sc5cc(-c6nc(-c7ccc8oc9ccccc9c8c7)c7sc8ccccc8c7n6)ccc5c34)n2)cc1. The number of fused-ring (bicyclic) bond motifs is 9. The van der Waals surface area contributed by atoms with Gasteiger partial charge in [-0.3, -0.25) is 0 Å². The minimum Gasteiger partial charge on any atom is -0.456 e. The Hall–Kier alpha value is -7.13. The third kappa shape index (κ3) is 5.26. The Labute approximate surface area is 333 Å². The van der Waals surface area contributed by atoms with Crippen LogP contribution >= 0.6 is 22.7 Å². The number of thiophene rings is 2. The van der Waals surface area contributed by atoms with Crippen LogP contribution in [0.15, 0.2) is 168 Å². The fraction of sp³-hybridized carbons (Fsp3) is 0. The summed E-state index contributed by atoms with van der Waals surface area (Å²) in [5.74, 6) is 2.61. The van der Waals surface area contributed by atoms with E-state index in [4.69, 9.17) is 29.3 Å². The Kier molecular flexibility index (Phi) is 7.17. The van der Waals surface area contributed by atoms with E-state index in [0.717, 1.165) is 91.2 Å². The molecule has 0 fully saturated rings. The first-order chi connectivity index (χ1) is 28.2. The van der Waals surface area contributed by atoms with Gasteiger partial charge in [0.2, 0.25) is 0 Å². The molecule has 0 N–H and O–H groups in total. The second-order valence-corrected chi connectivity index (χ2v) is 16.1. The third-order valence-corrected chi connectivity index (χ3v) is 12.9. The van der Waals surface area contributed by atoms with E-state index in [-0.39, 0.29) is 0 Å². The van der Waals surface area contributed by atoms with Gasteiger partial charge in [-0.2, -0.15) is 0 Å². The summed E-state index contributed by atoms with van der Waals surface area (Å²) in [5.41, 5.74) is 8.46. The zero-order chi connectivity index (χ0) is 37.5. The molecule has 0 saturated carbocycles. The van der Waals surface area contributed by atoms with E-state index >= 15 is 0 Å². The average Bonchev–Trinajstić information content (AvgIpc) is 3.97. The molecule has 0 aliphatic rings. The summed E-state index contributed by atoms with van der Waals surface area (Å²) >= 11 is 3.50. The van der Waals surface area contributed by atoms with Crippen molar-refractivity contribution in [3.8, 4) is 56.8 Å². The van der Waals surface area contributed by atoms with Gasteiger partial charge >= 0.3 is 0 Å². The molecule has 57 heavy (non-hydrogen) atoms. The van der Waals surface area contributed by atoms with Crippen LogP contribution in [0.2, 0.25) is 0 Å². The molecule has 7 aromatic carbocycles. The van der Waals surface area contributed by atoms with Crippen LogP contribution in [0, 0.1) is 0 Å². The van der Waals surface area contributed by atoms with Crippen molar-refractivity contribution in [1.82, 2.24) is 24.9 Å². The summed E-state index contributed by atoms with van der Waals surface area (Å²) in [7, 11) is 0. The van der Waals surface area contributed by atoms with Gasteiger partial charge in [0.15, 0.2) is 23.3 Å². The normalized spacial score (nSPS) is 11.9. The monoisotopic (exact) mass is 765 g/mol. The topological polar surface area (TPSA) is 77.6 Å². The number of aromatic nitrogens is 5. The third-order valence-electron chi connectivity index (χ3n) is 10.6. The lowest BCUT2D eigenvalue weighted by Crippen LogP contribution is -2.00. The molecule has 6 nitrogen and oxygen atoms in total. The maximum absolute atomic E-state index is 6.19. The lowest BCUT2D eigenvalue weighted by atomic mass is 10.0. The van der Waals surface area contributed by atoms with E-state index < -0.39 is 0 Å². The zero-order valence-corrected chi connectivity index (χ0v) is 31.7. The highest BCUT2D eigenvalue weighted by Crippen LogP contribution is 2.44. The van der Waals surface area contributed by atoms with Crippen molar-refractivity contribution in [2.75, 3.05) is 0 Å². The Morgan fingerprint density at radius 3 is 1.82 bits per heavy atom. The van der Waals surface area contributed by atoms with Gasteiger partial charge in [-0.15, -0.1) is 22.7 Å². The Bertz CT molecular complexity index is 3480. The molecule has 266 valence electrons. The zero-order valence-electron chi connectivity index (χ0n) is 30.0. The molecule has 5 heterocycles. The van der Waals surface area contributed by atoms with Crippen molar-refractivity contribution in [2.24, 2.45) is 0 Å². The summed E-state index contributed by atoms with van der Waals surface area (Å²) in [5, 5.41) is 5.55. The van der Waals surface area contributed by atoms with Crippen molar-refractivity contribution in [3.63, 3.8) is 0 Å². The van der Waals surface area contributed by atoms with Gasteiger partial charge in [-0.05, 0) is 42.5 Å². The predicted octanol–water partition coefficient (Wildman–Crippen LogP) is 13.6. The molecule has 5 aromatic heterocycles. The molecule has 0 bridgehead atoms. The standard InChI is InChI=1S/C49H27N5OS2/c1-3-12-28(13-4-1)46-52-47(29-14-5-2-6-15-29)54-49(53-46)35-18-11-21-40-42(35)33-24-22-31(27-41(33)56-40)48-50-43(45-44(51-48)34-17-8-10-20-39(34)57-45)30-23-25-38-36(26-30)32-16-7-9-19-37(32)55-38/h1-27H. The van der Waals surface area contributed by atoms with Gasteiger partial charge in [0.1, 0.15) is 11.2 Å². The van der Waals surface area contributed by atoms with E-state index in [2.05, 4.69) is 91.0 Å². The highest BCUT2D eigenvalue weighted by atomic mass is 32.1. The number of hydrogen-bond acceptors (Lipinski definition) is 8. The molecule has 12 aromatic rings. The summed E-state index contributed by atoms with van der Waals surface area (Å²) in [6.45, 7) is 0. The van der Waals surface area contributed by atoms with E-state index in [0.29, 0.717) is 23.3 Å². The molecule has 12 rings (SSSR count). The first-order valence-electron chi connectivity index (χ1n) is 18.7. The lowest BCUT2D eigenvalue weighted by molar-refractivity contribution is 0.669. The van der Waals surface area contributed by atoms with E-state index in [9.17, 15) is 0 Å². The first kappa shape index (κ1) is 32.1. The Morgan fingerprint density at radius 2 is 1.02 bits per heavy atom. The smallest absolute Gasteiger partial charge is 0.164 e. The van der Waals surface area contributed by atoms with Gasteiger partial charge < -0.3 is 4.42 Å². The molecular weight excluding hydrogens is 739 g/mol. The number of furan rings is 1. The van der Waals surface area contributed by atoms with Crippen LogP contribution < -0.4 is 0 Å². The molecule has 0 amide bonds. The van der Waals surface area contributed by atoms with Gasteiger partial charge in [-0.25, -0.2) is 24.9 Å². The first-order valence-corrected chi connectivity index (χ1v) is 20.3. The molecule has 0 aliphatic carbocycles. The van der Waals surface area contributed by atoms with E-state index in [1.165, 1.54) is 4.70 Å². The predicted molar refractivity (Wildman–Crippen MR) is 236 cm³/mol. The number of hydrogen-bond donors (Lipinski definition) is 0. The number of benzene rings is 7. The van der Waals surface area contributed by atoms with Crippen molar-refractivity contribution in [1.29, 1.82) is 0 Å². The molecule has 0 unspecified atom stereocenters. The molecule has 0 radical (unpaired) electrons. The van der Waals surface area contributed by atoms with Gasteiger partial charge in [0.05, 0.1) is 15.9 Å². The van der Waals surface area contributed by atoms with Crippen LogP contribution in [0.5, 0.6) is 0 Å². The second kappa shape index (κ2) is 12.7. The Balaban J connectivity index is 1.04. The second-order valence-electron chi connectivity index (χ2n) is 14.0. The van der Waals surface area contributed by atoms with Crippen molar-refractivity contribution >= 4 is 85.1 Å². The number of para-hydroxylation sites is 1. The van der Waals surface area contributed by atoms with Gasteiger partial charge in [0.25, 0.3) is 0 Å². The maximum Gasteiger partial charge on any atom is 0.164 e. The van der Waals surface area contributed by atoms with Gasteiger partial charge in [0, 0.05) is 68.8 Å². The lowest BCUT2D eigenvalue weighted by Gasteiger charge is -2.10. The van der Waals surface area contributed by atoms with Crippen LogP contribution in [0.4, 0.5) is 0 Å². The summed E-state index contributed by atoms with van der Waals surface area (Å²) in [6, 6.07) is 56.2. The van der Waals surface area contributed by atoms with Crippen molar-refractivity contribution in [3.05, 3.63) is 164 Å². The molecule has 0 aliphatic heterocycles. The molecule has 8 heteroatoms. The van der Waals surface area contributed by atoms with E-state index in [1.54, 1.807) is 22.7 Å². The largest absolute Gasteiger partial charge is 0.456 e. The number of rotatable bonds is 5. The fourth-order valence-corrected chi connectivity index (χ4v) is 10.2. The summed E-state index contributed by atoms with van der Waals surface area (Å²) < 4.78 is 10.7. The van der Waals surface area contributed by atoms with Crippen LogP contribution in [-0.2, 0) is 0 Å². The fourth-order valence-electron chi connectivity index (χ4n) is 7.87. The minimum absolute atomic E-state index is 0.641. The maximum atomic E-state index is 6.19. The average molecular weight is 766 g/mol. The summed E-state index contributed by atoms with van der Waals surface area (Å²) in [6.07, 6.45) is 0. The van der Waals surface area contributed by atoms with Crippen molar-refractivity contribution in [2.45, 2.75) is 0 Å². The summed E-state index contributed by atoms with van der Waals surface area (Å²) in [4.78, 5) is 25.7. The highest BCUT2D eigenvalue weighted by Gasteiger charge is 2.20. The molecule has 0 saturated heterocycles. The quantitative estimate of drug-likeness (QED) is 0.174. The minimum atomic E-state index is 0.641. The van der Waals surface area contributed by atoms with Crippen LogP contribution in [0.3, 0.4) is 0 Å². The molecule has 0 atom stereocenters. The van der Waals surface area contributed by atoms with Crippen LogP contribution in [0.1, 0.15) is 0 Å². The van der Waals surface area contributed by atoms with Crippen LogP contribution in [0.25, 0.3) is 119 Å². The number of nitrogens with zero attached hydrogens (tertiary/aromatic N) is 5. The Morgan fingerprint density at radius 1 is 0.368 bits per heavy atom. The van der Waals surface area contributed by atoms with Crippen molar-refractivity contribution < 1.29 is 4.42 Å². The van der Waals surface area contributed by atoms with Crippen LogP contribution in [-0.4, -0.2) is 24.9 Å². The molecular formula is C49H27N5OS2. The van der Waals surface area contributed by atoms with Gasteiger partial charge in [-0.1, -0.05) is 121 Å².